The van der Waals surface area contributed by atoms with Gasteiger partial charge in [-0.2, -0.15) is 0 Å². The van der Waals surface area contributed by atoms with E-state index in [4.69, 9.17) is 4.74 Å². The van der Waals surface area contributed by atoms with Gasteiger partial charge in [0.25, 0.3) is 0 Å². The molecule has 0 saturated heterocycles. The third-order valence-electron chi connectivity index (χ3n) is 7.12. The summed E-state index contributed by atoms with van der Waals surface area (Å²) in [5, 5.41) is 16.1. The first-order chi connectivity index (χ1) is 18.8. The van der Waals surface area contributed by atoms with Gasteiger partial charge in [0.2, 0.25) is 11.8 Å². The maximum absolute atomic E-state index is 14.5. The average Bonchev–Trinajstić information content (AvgIpc) is 3.58. The lowest BCUT2D eigenvalue weighted by Crippen LogP contribution is -2.55. The van der Waals surface area contributed by atoms with Gasteiger partial charge in [0.15, 0.2) is 0 Å². The molecule has 5 unspecified atom stereocenters. The molecule has 0 aliphatic heterocycles. The number of rotatable bonds is 11. The van der Waals surface area contributed by atoms with Crippen LogP contribution in [0.2, 0.25) is 0 Å². The van der Waals surface area contributed by atoms with Crippen LogP contribution in [0.15, 0.2) is 48.5 Å². The van der Waals surface area contributed by atoms with Gasteiger partial charge >= 0.3 is 6.09 Å². The Morgan fingerprint density at radius 2 is 1.75 bits per heavy atom. The molecule has 2 aromatic carbocycles. The van der Waals surface area contributed by atoms with Crippen LogP contribution in [0.1, 0.15) is 83.5 Å². The van der Waals surface area contributed by atoms with E-state index in [1.54, 1.807) is 50.8 Å². The normalized spacial score (nSPS) is 18.7. The fourth-order valence-corrected chi connectivity index (χ4v) is 4.97. The van der Waals surface area contributed by atoms with Crippen molar-refractivity contribution in [2.75, 3.05) is 0 Å². The minimum absolute atomic E-state index is 0.0770. The molecule has 8 nitrogen and oxygen atoms in total. The van der Waals surface area contributed by atoms with E-state index in [1.807, 2.05) is 37.3 Å². The Kier molecular flexibility index (Phi) is 10.2. The number of nitrogens with zero attached hydrogens (tertiary/aromatic N) is 1. The van der Waals surface area contributed by atoms with Crippen LogP contribution < -0.4 is 10.6 Å². The van der Waals surface area contributed by atoms with Crippen molar-refractivity contribution in [1.82, 2.24) is 15.5 Å². The van der Waals surface area contributed by atoms with Crippen molar-refractivity contribution in [1.29, 1.82) is 0 Å². The monoisotopic (exact) mass is 551 g/mol. The van der Waals surface area contributed by atoms with Gasteiger partial charge in [-0.3, -0.25) is 9.59 Å². The van der Waals surface area contributed by atoms with E-state index < -0.39 is 23.8 Å². The second kappa shape index (κ2) is 13.2. The molecule has 3 rings (SSSR count). The van der Waals surface area contributed by atoms with Crippen LogP contribution in [-0.2, 0) is 20.7 Å². The standard InChI is InChI=1S/C32H45N3O5/c1-8-12-22(4)33-29(37)28(24-15-16-27(36)21(3)17-24)35(26-18-20(26)2)30(38)25(19-23-13-10-9-11-14-23)34-31(39)40-32(5,6)7/h9-11,13-17,20,22,25-26,28,36H,8,12,18-19H2,1-7H3,(H,33,37)(H,34,39). The number of benzene rings is 2. The van der Waals surface area contributed by atoms with Crippen molar-refractivity contribution in [2.24, 2.45) is 5.92 Å². The molecule has 2 aromatic rings. The summed E-state index contributed by atoms with van der Waals surface area (Å²) in [6, 6.07) is 12.3. The number of carbonyl (C=O) groups is 3. The lowest BCUT2D eigenvalue weighted by molar-refractivity contribution is -0.143. The van der Waals surface area contributed by atoms with Crippen LogP contribution in [-0.4, -0.2) is 51.6 Å². The third-order valence-corrected chi connectivity index (χ3v) is 7.12. The maximum Gasteiger partial charge on any atom is 0.408 e. The fourth-order valence-electron chi connectivity index (χ4n) is 4.97. The molecular formula is C32H45N3O5. The molecule has 1 fully saturated rings. The van der Waals surface area contributed by atoms with Crippen LogP contribution in [0.4, 0.5) is 4.79 Å². The number of carbonyl (C=O) groups excluding carboxylic acids is 3. The molecule has 0 bridgehead atoms. The molecule has 3 amide bonds. The summed E-state index contributed by atoms with van der Waals surface area (Å²) in [5.74, 6) is -0.315. The molecule has 3 N–H and O–H groups in total. The summed E-state index contributed by atoms with van der Waals surface area (Å²) in [5.41, 5.74) is 1.36. The Morgan fingerprint density at radius 1 is 1.10 bits per heavy atom. The van der Waals surface area contributed by atoms with Gasteiger partial charge in [0.05, 0.1) is 0 Å². The van der Waals surface area contributed by atoms with Gasteiger partial charge in [0.1, 0.15) is 23.4 Å². The topological polar surface area (TPSA) is 108 Å². The highest BCUT2D eigenvalue weighted by Gasteiger charge is 2.48. The predicted octanol–water partition coefficient (Wildman–Crippen LogP) is 5.42. The summed E-state index contributed by atoms with van der Waals surface area (Å²) in [4.78, 5) is 43.0. The van der Waals surface area contributed by atoms with Gasteiger partial charge in [-0.15, -0.1) is 0 Å². The molecular weight excluding hydrogens is 506 g/mol. The second-order valence-electron chi connectivity index (χ2n) is 12.1. The number of amides is 3. The van der Waals surface area contributed by atoms with Gasteiger partial charge in [0, 0.05) is 18.5 Å². The van der Waals surface area contributed by atoms with E-state index in [-0.39, 0.29) is 42.0 Å². The summed E-state index contributed by atoms with van der Waals surface area (Å²) in [7, 11) is 0. The lowest BCUT2D eigenvalue weighted by atomic mass is 9.98. The Bertz CT molecular complexity index is 1180. The molecule has 1 aliphatic rings. The molecule has 8 heteroatoms. The molecule has 218 valence electrons. The Hall–Kier alpha value is -3.55. The number of phenols is 1. The predicted molar refractivity (Wildman–Crippen MR) is 156 cm³/mol. The first-order valence-corrected chi connectivity index (χ1v) is 14.3. The summed E-state index contributed by atoms with van der Waals surface area (Å²) in [6.07, 6.45) is 2.01. The highest BCUT2D eigenvalue weighted by atomic mass is 16.6. The van der Waals surface area contributed by atoms with Gasteiger partial charge in [-0.05, 0) is 82.2 Å². The van der Waals surface area contributed by atoms with Crippen LogP contribution >= 0.6 is 0 Å². The number of aromatic hydroxyl groups is 1. The van der Waals surface area contributed by atoms with Crippen LogP contribution in [0, 0.1) is 12.8 Å². The van der Waals surface area contributed by atoms with Crippen LogP contribution in [0.25, 0.3) is 0 Å². The molecule has 5 atom stereocenters. The van der Waals surface area contributed by atoms with E-state index in [2.05, 4.69) is 24.5 Å². The quantitative estimate of drug-likeness (QED) is 0.346. The number of phenolic OH excluding ortho intramolecular Hbond substituents is 1. The molecule has 1 aliphatic carbocycles. The highest BCUT2D eigenvalue weighted by molar-refractivity contribution is 5.93. The average molecular weight is 552 g/mol. The zero-order valence-electron chi connectivity index (χ0n) is 24.9. The van der Waals surface area contributed by atoms with Crippen molar-refractivity contribution < 1.29 is 24.2 Å². The summed E-state index contributed by atoms with van der Waals surface area (Å²) >= 11 is 0. The van der Waals surface area contributed by atoms with E-state index in [9.17, 15) is 19.5 Å². The Balaban J connectivity index is 2.05. The molecule has 0 spiro atoms. The maximum atomic E-state index is 14.5. The SMILES string of the molecule is CCCC(C)NC(=O)C(c1ccc(O)c(C)c1)N(C(=O)C(Cc1ccccc1)NC(=O)OC(C)(C)C)C1CC1C. The Labute approximate surface area is 238 Å². The van der Waals surface area contributed by atoms with Crippen LogP contribution in [0.5, 0.6) is 5.75 Å². The first-order valence-electron chi connectivity index (χ1n) is 14.3. The number of alkyl carbamates (subject to hydrolysis) is 1. The number of ether oxygens (including phenoxy) is 1. The minimum atomic E-state index is -0.952. The van der Waals surface area contributed by atoms with Crippen molar-refractivity contribution in [3.05, 3.63) is 65.2 Å². The molecule has 40 heavy (non-hydrogen) atoms. The van der Waals surface area contributed by atoms with Crippen molar-refractivity contribution >= 4 is 17.9 Å². The molecule has 0 aromatic heterocycles. The highest BCUT2D eigenvalue weighted by Crippen LogP contribution is 2.41. The van der Waals surface area contributed by atoms with E-state index in [0.717, 1.165) is 24.8 Å². The largest absolute Gasteiger partial charge is 0.508 e. The second-order valence-corrected chi connectivity index (χ2v) is 12.1. The summed E-state index contributed by atoms with van der Waals surface area (Å²) < 4.78 is 5.51. The van der Waals surface area contributed by atoms with Gasteiger partial charge in [-0.25, -0.2) is 4.79 Å². The lowest BCUT2D eigenvalue weighted by Gasteiger charge is -2.36. The third kappa shape index (κ3) is 8.47. The fraction of sp³-hybridized carbons (Fsp3) is 0.531. The Morgan fingerprint density at radius 3 is 2.30 bits per heavy atom. The summed E-state index contributed by atoms with van der Waals surface area (Å²) in [6.45, 7) is 13.1. The van der Waals surface area contributed by atoms with Crippen molar-refractivity contribution in [3.63, 3.8) is 0 Å². The number of aryl methyl sites for hydroxylation is 1. The molecule has 0 radical (unpaired) electrons. The number of hydrogen-bond acceptors (Lipinski definition) is 5. The molecule has 1 saturated carbocycles. The van der Waals surface area contributed by atoms with E-state index in [1.165, 1.54) is 0 Å². The van der Waals surface area contributed by atoms with Gasteiger partial charge < -0.3 is 25.4 Å². The zero-order valence-corrected chi connectivity index (χ0v) is 24.9. The van der Waals surface area contributed by atoms with E-state index in [0.29, 0.717) is 11.1 Å². The van der Waals surface area contributed by atoms with Crippen LogP contribution in [0.3, 0.4) is 0 Å². The number of hydrogen-bond donors (Lipinski definition) is 3. The first kappa shape index (κ1) is 31.0. The van der Waals surface area contributed by atoms with Gasteiger partial charge in [-0.1, -0.05) is 56.7 Å². The zero-order chi connectivity index (χ0) is 29.6. The minimum Gasteiger partial charge on any atom is -0.508 e. The van der Waals surface area contributed by atoms with Crippen molar-refractivity contribution in [3.8, 4) is 5.75 Å². The molecule has 0 heterocycles. The number of nitrogens with one attached hydrogen (secondary N) is 2. The van der Waals surface area contributed by atoms with E-state index >= 15 is 0 Å². The smallest absolute Gasteiger partial charge is 0.408 e. The van der Waals surface area contributed by atoms with Crippen molar-refractivity contribution in [2.45, 2.75) is 104 Å².